The van der Waals surface area contributed by atoms with Crippen LogP contribution >= 0.6 is 11.6 Å². The molecule has 1 unspecified atom stereocenters. The van der Waals surface area contributed by atoms with Crippen molar-refractivity contribution >= 4 is 23.7 Å². The van der Waals surface area contributed by atoms with Crippen LogP contribution in [0, 0.1) is 6.92 Å². The van der Waals surface area contributed by atoms with Gasteiger partial charge in [0.25, 0.3) is 0 Å². The zero-order valence-electron chi connectivity index (χ0n) is 10.9. The van der Waals surface area contributed by atoms with Gasteiger partial charge in [0.1, 0.15) is 16.8 Å². The summed E-state index contributed by atoms with van der Waals surface area (Å²) in [5.74, 6) is 0.772. The van der Waals surface area contributed by atoms with Gasteiger partial charge in [-0.15, -0.1) is 0 Å². The second-order valence-electron chi connectivity index (χ2n) is 4.23. The summed E-state index contributed by atoms with van der Waals surface area (Å²) in [6.45, 7) is 1.55. The minimum absolute atomic E-state index is 0.0970. The van der Waals surface area contributed by atoms with Crippen LogP contribution in [0.15, 0.2) is 30.3 Å². The number of aryl methyl sites for hydroxylation is 1. The molecule has 104 valence electrons. The molecule has 0 bridgehead atoms. The van der Waals surface area contributed by atoms with E-state index < -0.39 is 0 Å². The Kier molecular flexibility index (Phi) is 4.65. The number of halogens is 1. The first-order chi connectivity index (χ1) is 9.65. The minimum Gasteiger partial charge on any atom is -0.394 e. The predicted octanol–water partition coefficient (Wildman–Crippen LogP) is 2.40. The molecule has 0 aliphatic carbocycles. The molecule has 2 rings (SSSR count). The summed E-state index contributed by atoms with van der Waals surface area (Å²) in [5, 5.41) is 12.6. The first-order valence-corrected chi connectivity index (χ1v) is 6.45. The van der Waals surface area contributed by atoms with Crippen LogP contribution in [-0.4, -0.2) is 28.0 Å². The zero-order chi connectivity index (χ0) is 14.5. The van der Waals surface area contributed by atoms with Gasteiger partial charge in [-0.1, -0.05) is 41.9 Å². The van der Waals surface area contributed by atoms with Crippen LogP contribution in [-0.2, 0) is 0 Å². The number of aliphatic hydroxyl groups is 1. The molecular weight excluding hydrogens is 278 g/mol. The van der Waals surface area contributed by atoms with E-state index in [0.29, 0.717) is 17.9 Å². The van der Waals surface area contributed by atoms with Crippen molar-refractivity contribution in [3.8, 4) is 0 Å². The second kappa shape index (κ2) is 6.45. The molecule has 0 aliphatic heterocycles. The molecule has 0 aliphatic rings. The number of aldehydes is 1. The van der Waals surface area contributed by atoms with E-state index in [1.807, 2.05) is 30.3 Å². The van der Waals surface area contributed by atoms with Gasteiger partial charge in [0.05, 0.1) is 18.2 Å². The lowest BCUT2D eigenvalue weighted by atomic mass is 10.1. The van der Waals surface area contributed by atoms with Crippen LogP contribution in [0.5, 0.6) is 0 Å². The maximum absolute atomic E-state index is 11.1. The van der Waals surface area contributed by atoms with Gasteiger partial charge in [0.2, 0.25) is 0 Å². The smallest absolute Gasteiger partial charge is 0.156 e. The Balaban J connectivity index is 2.35. The van der Waals surface area contributed by atoms with Crippen LogP contribution in [0.2, 0.25) is 5.15 Å². The highest BCUT2D eigenvalue weighted by Crippen LogP contribution is 2.23. The normalized spacial score (nSPS) is 11.9. The zero-order valence-corrected chi connectivity index (χ0v) is 11.6. The van der Waals surface area contributed by atoms with Crippen molar-refractivity contribution in [2.24, 2.45) is 0 Å². The molecule has 5 nitrogen and oxygen atoms in total. The molecule has 0 saturated heterocycles. The van der Waals surface area contributed by atoms with Crippen LogP contribution in [0.25, 0.3) is 0 Å². The van der Waals surface area contributed by atoms with Crippen molar-refractivity contribution in [3.63, 3.8) is 0 Å². The van der Waals surface area contributed by atoms with Gasteiger partial charge in [0.15, 0.2) is 6.29 Å². The number of nitrogens with one attached hydrogen (secondary N) is 1. The molecule has 2 aromatic rings. The van der Waals surface area contributed by atoms with Gasteiger partial charge in [-0.3, -0.25) is 4.79 Å². The number of aromatic nitrogens is 2. The van der Waals surface area contributed by atoms with E-state index in [4.69, 9.17) is 11.6 Å². The lowest BCUT2D eigenvalue weighted by molar-refractivity contribution is 0.112. The fourth-order valence-corrected chi connectivity index (χ4v) is 2.10. The molecule has 2 N–H and O–H groups in total. The van der Waals surface area contributed by atoms with Gasteiger partial charge in [0, 0.05) is 0 Å². The summed E-state index contributed by atoms with van der Waals surface area (Å²) >= 11 is 5.92. The quantitative estimate of drug-likeness (QED) is 0.653. The van der Waals surface area contributed by atoms with E-state index in [9.17, 15) is 9.90 Å². The lowest BCUT2D eigenvalue weighted by Gasteiger charge is -2.18. The largest absolute Gasteiger partial charge is 0.394 e. The van der Waals surface area contributed by atoms with Crippen molar-refractivity contribution in [3.05, 3.63) is 52.4 Å². The van der Waals surface area contributed by atoms with Crippen LogP contribution in [0.3, 0.4) is 0 Å². The number of carbonyl (C=O) groups excluding carboxylic acids is 1. The van der Waals surface area contributed by atoms with E-state index in [1.165, 1.54) is 0 Å². The summed E-state index contributed by atoms with van der Waals surface area (Å²) in [4.78, 5) is 19.2. The SMILES string of the molecule is Cc1nc(Cl)c(C=O)c(NC(CO)c2ccccc2)n1. The first kappa shape index (κ1) is 14.4. The van der Waals surface area contributed by atoms with Gasteiger partial charge in [-0.05, 0) is 12.5 Å². The number of carbonyl (C=O) groups is 1. The number of hydrogen-bond acceptors (Lipinski definition) is 5. The molecule has 0 spiro atoms. The summed E-state index contributed by atoms with van der Waals surface area (Å²) < 4.78 is 0. The molecule has 0 fully saturated rings. The summed E-state index contributed by atoms with van der Waals surface area (Å²) in [7, 11) is 0. The average Bonchev–Trinajstić information content (AvgIpc) is 2.45. The third kappa shape index (κ3) is 3.12. The molecule has 1 aromatic heterocycles. The molecule has 0 saturated carbocycles. The third-order valence-corrected chi connectivity index (χ3v) is 3.11. The van der Waals surface area contributed by atoms with E-state index in [2.05, 4.69) is 15.3 Å². The minimum atomic E-state index is -0.375. The standard InChI is InChI=1S/C14H14ClN3O2/c1-9-16-13(15)11(7-19)14(17-9)18-12(8-20)10-5-3-2-4-6-10/h2-7,12,20H,8H2,1H3,(H,16,17,18). The number of aliphatic hydroxyl groups excluding tert-OH is 1. The molecule has 0 radical (unpaired) electrons. The number of nitrogens with zero attached hydrogens (tertiary/aromatic N) is 2. The van der Waals surface area contributed by atoms with Crippen molar-refractivity contribution in [1.82, 2.24) is 9.97 Å². The van der Waals surface area contributed by atoms with Crippen LogP contribution in [0.1, 0.15) is 27.8 Å². The fraction of sp³-hybridized carbons (Fsp3) is 0.214. The second-order valence-corrected chi connectivity index (χ2v) is 4.59. The van der Waals surface area contributed by atoms with E-state index >= 15 is 0 Å². The highest BCUT2D eigenvalue weighted by atomic mass is 35.5. The van der Waals surface area contributed by atoms with Crippen LogP contribution in [0.4, 0.5) is 5.82 Å². The van der Waals surface area contributed by atoms with Gasteiger partial charge in [-0.2, -0.15) is 0 Å². The van der Waals surface area contributed by atoms with Crippen molar-refractivity contribution in [2.75, 3.05) is 11.9 Å². The van der Waals surface area contributed by atoms with Crippen LogP contribution < -0.4 is 5.32 Å². The van der Waals surface area contributed by atoms with E-state index in [1.54, 1.807) is 6.92 Å². The average molecular weight is 292 g/mol. The summed E-state index contributed by atoms with van der Waals surface area (Å²) in [6, 6.07) is 9.02. The number of benzene rings is 1. The fourth-order valence-electron chi connectivity index (χ4n) is 1.85. The number of hydrogen-bond donors (Lipinski definition) is 2. The summed E-state index contributed by atoms with van der Waals surface area (Å²) in [5.41, 5.74) is 1.07. The van der Waals surface area contributed by atoms with Gasteiger partial charge < -0.3 is 10.4 Å². The van der Waals surface area contributed by atoms with Gasteiger partial charge >= 0.3 is 0 Å². The molecule has 20 heavy (non-hydrogen) atoms. The molecule has 1 aromatic carbocycles. The van der Waals surface area contributed by atoms with Crippen molar-refractivity contribution < 1.29 is 9.90 Å². The predicted molar refractivity (Wildman–Crippen MR) is 77.1 cm³/mol. The first-order valence-electron chi connectivity index (χ1n) is 6.07. The highest BCUT2D eigenvalue weighted by Gasteiger charge is 2.16. The monoisotopic (exact) mass is 291 g/mol. The highest BCUT2D eigenvalue weighted by molar-refractivity contribution is 6.32. The van der Waals surface area contributed by atoms with E-state index in [-0.39, 0.29) is 23.4 Å². The maximum Gasteiger partial charge on any atom is 0.156 e. The third-order valence-electron chi connectivity index (χ3n) is 2.82. The Morgan fingerprint density at radius 1 is 1.35 bits per heavy atom. The Morgan fingerprint density at radius 3 is 2.65 bits per heavy atom. The number of rotatable bonds is 5. The molecule has 1 heterocycles. The lowest BCUT2D eigenvalue weighted by Crippen LogP contribution is -2.17. The molecule has 1 atom stereocenters. The summed E-state index contributed by atoms with van der Waals surface area (Å²) in [6.07, 6.45) is 0.601. The Hall–Kier alpha value is -1.98. The van der Waals surface area contributed by atoms with E-state index in [0.717, 1.165) is 5.56 Å². The maximum atomic E-state index is 11.1. The molecular formula is C14H14ClN3O2. The molecule has 0 amide bonds. The Morgan fingerprint density at radius 2 is 2.05 bits per heavy atom. The topological polar surface area (TPSA) is 75.1 Å². The number of anilines is 1. The molecule has 6 heteroatoms. The van der Waals surface area contributed by atoms with Gasteiger partial charge in [-0.25, -0.2) is 9.97 Å². The Bertz CT molecular complexity index is 605. The van der Waals surface area contributed by atoms with Crippen molar-refractivity contribution in [1.29, 1.82) is 0 Å². The Labute approximate surface area is 121 Å². The van der Waals surface area contributed by atoms with Crippen molar-refractivity contribution in [2.45, 2.75) is 13.0 Å².